The summed E-state index contributed by atoms with van der Waals surface area (Å²) in [4.78, 5) is 7.28. The van der Waals surface area contributed by atoms with Gasteiger partial charge in [-0.15, -0.1) is 11.3 Å². The third kappa shape index (κ3) is 7.69. The number of hydrogen-bond acceptors (Lipinski definition) is 4. The van der Waals surface area contributed by atoms with E-state index in [4.69, 9.17) is 4.74 Å². The van der Waals surface area contributed by atoms with Crippen LogP contribution in [0.3, 0.4) is 0 Å². The van der Waals surface area contributed by atoms with Gasteiger partial charge < -0.3 is 19.1 Å². The molecule has 0 bridgehead atoms. The SMILES string of the molecule is CC1=CC(C(C)(C)C)=CCC1N(C1=CCC2B3C4=C(CC(C)CC4N(C4C=CC=C5c6ccc(C(C)(C)C)cc6OC54)C2=C1)n1c2sc4c(c2c2cc(C(C)(C)C)cc3c21)=CCCC=4)C1=CC=C(C(C)(C)C)CC1C. The summed E-state index contributed by atoms with van der Waals surface area (Å²) in [5.74, 6) is 2.19. The molecule has 7 unspecified atom stereocenters. The molecular weight excluding hydrogens is 930 g/mol. The van der Waals surface area contributed by atoms with Crippen LogP contribution in [-0.2, 0) is 10.8 Å². The van der Waals surface area contributed by atoms with E-state index in [0.717, 1.165) is 50.7 Å². The van der Waals surface area contributed by atoms with Crippen molar-refractivity contribution in [1.82, 2.24) is 14.4 Å². The standard InChI is InChI=1S/C69H82BN3OS/c1-39-31-57-62-58(32-39)73-63-50(61-49-19-16-17-22-60(49)75-65(61)73)35-45(69(13,14)15)36-52(63)70(62)51-28-26-46(38-56(51)72(57)55-21-18-20-48-47-27-23-44(68(10,11)12)37-59(47)74-64(48)55)71(53-29-24-42(33-40(53)2)66(4,5)6)54-30-25-43(34-41(54)3)67(7,8)9/h18-27,29,34-40,51,54-55,57,64H,16-17,28,30-33H2,1-15H3. The molecule has 13 rings (SSSR count). The fraction of sp³-hybridized carbons (Fsp3) is 0.478. The van der Waals surface area contributed by atoms with Crippen molar-refractivity contribution in [2.24, 2.45) is 22.7 Å². The smallest absolute Gasteiger partial charge is 0.221 e. The van der Waals surface area contributed by atoms with Gasteiger partial charge in [-0.3, -0.25) is 0 Å². The molecule has 0 N–H and O–H groups in total. The Bertz CT molecular complexity index is 3580. The van der Waals surface area contributed by atoms with Crippen molar-refractivity contribution in [2.75, 3.05) is 0 Å². The van der Waals surface area contributed by atoms with Crippen molar-refractivity contribution >= 4 is 68.1 Å². The number of hydrogen-bond donors (Lipinski definition) is 0. The maximum absolute atomic E-state index is 7.44. The summed E-state index contributed by atoms with van der Waals surface area (Å²) >= 11 is 2.06. The molecule has 9 aliphatic rings. The fourth-order valence-corrected chi connectivity index (χ4v) is 16.4. The zero-order chi connectivity index (χ0) is 52.6. The summed E-state index contributed by atoms with van der Waals surface area (Å²) in [7, 11) is 0. The van der Waals surface area contributed by atoms with E-state index in [1.165, 1.54) is 81.4 Å². The van der Waals surface area contributed by atoms with Gasteiger partial charge in [0.2, 0.25) is 6.71 Å². The summed E-state index contributed by atoms with van der Waals surface area (Å²) in [6, 6.07) is 12.8. The zero-order valence-corrected chi connectivity index (χ0v) is 48.8. The first-order chi connectivity index (χ1) is 35.5. The van der Waals surface area contributed by atoms with Crippen LogP contribution in [0.1, 0.15) is 165 Å². The Labute approximate surface area is 453 Å². The molecule has 75 heavy (non-hydrogen) atoms. The van der Waals surface area contributed by atoms with Crippen LogP contribution in [0.4, 0.5) is 0 Å². The number of allylic oxidation sites excluding steroid dienone is 12. The predicted octanol–water partition coefficient (Wildman–Crippen LogP) is 15.6. The van der Waals surface area contributed by atoms with E-state index in [2.05, 4.69) is 227 Å². The zero-order valence-electron chi connectivity index (χ0n) is 48.0. The van der Waals surface area contributed by atoms with E-state index in [-0.39, 0.29) is 58.4 Å². The summed E-state index contributed by atoms with van der Waals surface area (Å²) in [5, 5.41) is 4.46. The van der Waals surface area contributed by atoms with Gasteiger partial charge in [0.15, 0.2) is 0 Å². The van der Waals surface area contributed by atoms with Gasteiger partial charge in [-0.2, -0.15) is 0 Å². The Morgan fingerprint density at radius 2 is 1.55 bits per heavy atom. The van der Waals surface area contributed by atoms with E-state index in [9.17, 15) is 0 Å². The Balaban J connectivity index is 1.05. The first-order valence-corrected chi connectivity index (χ1v) is 29.8. The number of fused-ring (bicyclic) bond motifs is 12. The molecule has 7 atom stereocenters. The number of nitrogens with zero attached hydrogens (tertiary/aromatic N) is 3. The highest BCUT2D eigenvalue weighted by Gasteiger charge is 2.56. The van der Waals surface area contributed by atoms with Gasteiger partial charge in [-0.1, -0.05) is 186 Å². The van der Waals surface area contributed by atoms with Crippen molar-refractivity contribution in [3.05, 3.63) is 151 Å². The lowest BCUT2D eigenvalue weighted by Gasteiger charge is -2.57. The maximum Gasteiger partial charge on any atom is 0.221 e. The van der Waals surface area contributed by atoms with Gasteiger partial charge in [-0.05, 0) is 137 Å². The van der Waals surface area contributed by atoms with Crippen LogP contribution >= 0.6 is 11.3 Å². The van der Waals surface area contributed by atoms with Crippen LogP contribution in [0.2, 0.25) is 5.82 Å². The molecule has 1 fully saturated rings. The molecular formula is C69H82BN3OS. The number of ether oxygens (including phenoxy) is 1. The number of rotatable bonds is 4. The Kier molecular flexibility index (Phi) is 11.1. The molecule has 2 aromatic carbocycles. The molecule has 0 radical (unpaired) electrons. The molecule has 0 amide bonds. The topological polar surface area (TPSA) is 20.6 Å². The van der Waals surface area contributed by atoms with Crippen LogP contribution in [0.15, 0.2) is 124 Å². The largest absolute Gasteiger partial charge is 0.483 e. The van der Waals surface area contributed by atoms with E-state index in [0.29, 0.717) is 11.8 Å². The van der Waals surface area contributed by atoms with Gasteiger partial charge >= 0.3 is 0 Å². The summed E-state index contributed by atoms with van der Waals surface area (Å²) in [5.41, 5.74) is 20.7. The average molecular weight is 1010 g/mol. The predicted molar refractivity (Wildman–Crippen MR) is 322 cm³/mol. The minimum atomic E-state index is -0.111. The second-order valence-electron chi connectivity index (χ2n) is 28.5. The molecule has 3 aliphatic heterocycles. The van der Waals surface area contributed by atoms with Crippen molar-refractivity contribution in [3.8, 4) is 5.75 Å². The first-order valence-electron chi connectivity index (χ1n) is 29.0. The molecule has 0 saturated carbocycles. The lowest BCUT2D eigenvalue weighted by molar-refractivity contribution is 0.119. The monoisotopic (exact) mass is 1010 g/mol. The minimum absolute atomic E-state index is 0.00459. The van der Waals surface area contributed by atoms with Crippen LogP contribution < -0.4 is 20.0 Å². The number of thiophene rings is 1. The highest BCUT2D eigenvalue weighted by atomic mass is 32.1. The minimum Gasteiger partial charge on any atom is -0.483 e. The molecule has 2 aromatic heterocycles. The van der Waals surface area contributed by atoms with E-state index >= 15 is 0 Å². The lowest BCUT2D eigenvalue weighted by Crippen LogP contribution is -2.62. The lowest BCUT2D eigenvalue weighted by atomic mass is 9.27. The van der Waals surface area contributed by atoms with Gasteiger partial charge in [0.25, 0.3) is 0 Å². The van der Waals surface area contributed by atoms with Crippen molar-refractivity contribution in [3.63, 3.8) is 0 Å². The summed E-state index contributed by atoms with van der Waals surface area (Å²) in [6.45, 7) is 36.3. The first kappa shape index (κ1) is 49.4. The summed E-state index contributed by atoms with van der Waals surface area (Å²) in [6.07, 6.45) is 35.3. The van der Waals surface area contributed by atoms with Crippen molar-refractivity contribution in [1.29, 1.82) is 0 Å². The maximum atomic E-state index is 7.44. The molecule has 6 aliphatic carbocycles. The molecule has 4 aromatic rings. The van der Waals surface area contributed by atoms with Gasteiger partial charge in [-0.25, -0.2) is 0 Å². The van der Waals surface area contributed by atoms with Crippen LogP contribution in [0.5, 0.6) is 5.75 Å². The van der Waals surface area contributed by atoms with E-state index in [1.54, 1.807) is 22.2 Å². The van der Waals surface area contributed by atoms with Gasteiger partial charge in [0.1, 0.15) is 16.7 Å². The molecule has 5 heterocycles. The molecule has 6 heteroatoms. The van der Waals surface area contributed by atoms with Crippen LogP contribution in [0, 0.1) is 22.7 Å². The number of aromatic nitrogens is 1. The highest BCUT2D eigenvalue weighted by molar-refractivity contribution is 7.17. The second kappa shape index (κ2) is 16.9. The second-order valence-corrected chi connectivity index (χ2v) is 29.6. The fourth-order valence-electron chi connectivity index (χ4n) is 15.1. The molecule has 0 spiro atoms. The average Bonchev–Trinajstić information content (AvgIpc) is 4.10. The Morgan fingerprint density at radius 3 is 2.27 bits per heavy atom. The van der Waals surface area contributed by atoms with Gasteiger partial charge in [0, 0.05) is 66.7 Å². The van der Waals surface area contributed by atoms with Gasteiger partial charge in [0.05, 0.1) is 12.1 Å². The van der Waals surface area contributed by atoms with Crippen LogP contribution in [0.25, 0.3) is 44.5 Å². The van der Waals surface area contributed by atoms with E-state index in [1.807, 2.05) is 0 Å². The normalized spacial score (nSPS) is 27.1. The quantitative estimate of drug-likeness (QED) is 0.190. The van der Waals surface area contributed by atoms with Crippen LogP contribution in [-0.4, -0.2) is 45.3 Å². The third-order valence-corrected chi connectivity index (χ3v) is 20.4. The van der Waals surface area contributed by atoms with E-state index < -0.39 is 0 Å². The third-order valence-electron chi connectivity index (χ3n) is 19.2. The molecule has 388 valence electrons. The molecule has 1 saturated heterocycles. The summed E-state index contributed by atoms with van der Waals surface area (Å²) < 4.78 is 11.8. The number of benzene rings is 2. The Hall–Kier alpha value is -5.20. The highest BCUT2D eigenvalue weighted by Crippen LogP contribution is 2.57. The molecule has 4 nitrogen and oxygen atoms in total. The van der Waals surface area contributed by atoms with Crippen molar-refractivity contribution in [2.45, 2.75) is 190 Å². The Morgan fingerprint density at radius 1 is 0.773 bits per heavy atom. The van der Waals surface area contributed by atoms with Crippen molar-refractivity contribution < 1.29 is 4.74 Å².